The van der Waals surface area contributed by atoms with E-state index < -0.39 is 17.7 Å². The fraction of sp³-hybridized carbons (Fsp3) is 0.214. The summed E-state index contributed by atoms with van der Waals surface area (Å²) in [6.07, 6.45) is -3.53. The van der Waals surface area contributed by atoms with Gasteiger partial charge in [0, 0.05) is 0 Å². The number of hydrogen-bond acceptors (Lipinski definition) is 3. The first-order chi connectivity index (χ1) is 17.6. The fourth-order valence-corrected chi connectivity index (χ4v) is 9.74. The summed E-state index contributed by atoms with van der Waals surface area (Å²) in [6, 6.07) is 21.3. The number of aliphatic carboxylic acids is 1. The van der Waals surface area contributed by atoms with Crippen LogP contribution in [0.25, 0.3) is 10.1 Å². The summed E-state index contributed by atoms with van der Waals surface area (Å²) >= 11 is -0.0694. The summed E-state index contributed by atoms with van der Waals surface area (Å²) in [5.41, 5.74) is 3.10. The molecule has 0 spiro atoms. The molecule has 4 nitrogen and oxygen atoms in total. The first kappa shape index (κ1) is 27.2. The molecule has 3 aromatic carbocycles. The molecule has 0 radical (unpaired) electrons. The molecule has 1 N–H and O–H groups in total. The maximum atomic E-state index is 13.0. The van der Waals surface area contributed by atoms with Crippen LogP contribution < -0.4 is 9.20 Å². The number of benzene rings is 3. The zero-order valence-electron chi connectivity index (χ0n) is 20.1. The van der Waals surface area contributed by atoms with Gasteiger partial charge in [0.1, 0.15) is 0 Å². The summed E-state index contributed by atoms with van der Waals surface area (Å²) in [5.74, 6) is -0.472. The van der Waals surface area contributed by atoms with E-state index in [0.29, 0.717) is 5.75 Å². The molecule has 0 saturated carbocycles. The normalized spacial score (nSPS) is 12.4. The number of hydrogen-bond donors (Lipinski definition) is 1. The molecule has 37 heavy (non-hydrogen) atoms. The van der Waals surface area contributed by atoms with Gasteiger partial charge in [-0.2, -0.15) is 0 Å². The maximum absolute atomic E-state index is 13.0. The van der Waals surface area contributed by atoms with Crippen molar-refractivity contribution in [2.75, 3.05) is 6.61 Å². The van der Waals surface area contributed by atoms with Crippen LogP contribution in [0.1, 0.15) is 31.6 Å². The third-order valence-corrected chi connectivity index (χ3v) is 11.7. The quantitative estimate of drug-likeness (QED) is 0.256. The van der Waals surface area contributed by atoms with Gasteiger partial charge < -0.3 is 0 Å². The number of aryl methyl sites for hydroxylation is 2. The van der Waals surface area contributed by atoms with E-state index in [2.05, 4.69) is 12.1 Å². The summed E-state index contributed by atoms with van der Waals surface area (Å²) in [6.45, 7) is 3.50. The summed E-state index contributed by atoms with van der Waals surface area (Å²) in [4.78, 5) is 15.9. The van der Waals surface area contributed by atoms with Gasteiger partial charge in [-0.1, -0.05) is 0 Å². The Hall–Kier alpha value is -2.83. The molecule has 1 unspecified atom stereocenters. The van der Waals surface area contributed by atoms with Gasteiger partial charge in [-0.3, -0.25) is 0 Å². The van der Waals surface area contributed by atoms with E-state index in [1.807, 2.05) is 50.2 Å². The second-order valence-corrected chi connectivity index (χ2v) is 13.3. The first-order valence-electron chi connectivity index (χ1n) is 11.4. The van der Waals surface area contributed by atoms with Crippen LogP contribution >= 0.6 is 0 Å². The van der Waals surface area contributed by atoms with E-state index in [1.54, 1.807) is 0 Å². The van der Waals surface area contributed by atoms with Gasteiger partial charge in [0.05, 0.1) is 0 Å². The molecular weight excluding hydrogens is 613 g/mol. The summed E-state index contributed by atoms with van der Waals surface area (Å²) < 4.78 is 47.7. The third kappa shape index (κ3) is 7.14. The zero-order valence-corrected chi connectivity index (χ0v) is 23.5. The molecular formula is C28H24F3NO3Se2. The number of rotatable bonds is 9. The number of ether oxygens (including phenoxy) is 1. The van der Waals surface area contributed by atoms with Crippen LogP contribution in [0.3, 0.4) is 0 Å². The van der Waals surface area contributed by atoms with Crippen LogP contribution in [-0.2, 0) is 17.4 Å². The van der Waals surface area contributed by atoms with E-state index in [-0.39, 0.29) is 40.9 Å². The van der Waals surface area contributed by atoms with E-state index in [9.17, 15) is 18.0 Å². The molecule has 0 fully saturated rings. The predicted molar refractivity (Wildman–Crippen MR) is 139 cm³/mol. The number of carboxylic acids is 1. The Morgan fingerprint density at radius 3 is 2.38 bits per heavy atom. The second kappa shape index (κ2) is 11.7. The molecule has 0 amide bonds. The molecule has 0 aliphatic carbocycles. The standard InChI is InChI=1S/C28H24F3NO3Se2/c1-17-14-22(12-13-23(17)35-16-25(33)34)36-24(15-19-6-4-3-5-7-19)26-18(2)32-27(37-26)20-8-10-21(11-9-20)28(29,30)31/h3-14,24H,15-16H2,1-2H3,(H,33,34). The van der Waals surface area contributed by atoms with Gasteiger partial charge >= 0.3 is 226 Å². The monoisotopic (exact) mass is 639 g/mol. The number of carbonyl (C=O) groups is 1. The molecule has 0 saturated heterocycles. The Bertz CT molecular complexity index is 1370. The molecule has 0 aliphatic rings. The van der Waals surface area contributed by atoms with Gasteiger partial charge in [-0.05, 0) is 0 Å². The van der Waals surface area contributed by atoms with Crippen molar-refractivity contribution in [3.8, 4) is 15.9 Å². The van der Waals surface area contributed by atoms with E-state index in [1.165, 1.54) is 22.1 Å². The number of aromatic nitrogens is 1. The van der Waals surface area contributed by atoms with Crippen molar-refractivity contribution >= 4 is 39.9 Å². The molecule has 4 rings (SSSR count). The van der Waals surface area contributed by atoms with Gasteiger partial charge in [0.2, 0.25) is 0 Å². The van der Waals surface area contributed by atoms with Crippen LogP contribution in [0.5, 0.6) is 5.75 Å². The number of nitrogens with zero attached hydrogens (tertiary/aromatic N) is 1. The Morgan fingerprint density at radius 2 is 1.76 bits per heavy atom. The zero-order chi connectivity index (χ0) is 26.6. The van der Waals surface area contributed by atoms with Crippen molar-refractivity contribution in [3.63, 3.8) is 0 Å². The van der Waals surface area contributed by atoms with Gasteiger partial charge in [0.15, 0.2) is 0 Å². The van der Waals surface area contributed by atoms with Gasteiger partial charge in [-0.25, -0.2) is 0 Å². The third-order valence-electron chi connectivity index (χ3n) is 5.62. The number of alkyl halides is 3. The van der Waals surface area contributed by atoms with E-state index in [0.717, 1.165) is 44.4 Å². The Kier molecular flexibility index (Phi) is 8.60. The average Bonchev–Trinajstić information content (AvgIpc) is 3.25. The molecule has 1 aromatic heterocycles. The van der Waals surface area contributed by atoms with Crippen LogP contribution in [0.4, 0.5) is 13.2 Å². The second-order valence-electron chi connectivity index (χ2n) is 8.45. The summed E-state index contributed by atoms with van der Waals surface area (Å²) in [7, 11) is 0. The summed E-state index contributed by atoms with van der Waals surface area (Å²) in [5, 5.41) is 8.89. The Morgan fingerprint density at radius 1 is 1.05 bits per heavy atom. The van der Waals surface area contributed by atoms with Crippen molar-refractivity contribution in [1.29, 1.82) is 0 Å². The minimum atomic E-state index is -4.36. The first-order valence-corrected chi connectivity index (χ1v) is 15.0. The molecule has 1 atom stereocenters. The van der Waals surface area contributed by atoms with Crippen LogP contribution in [0.15, 0.2) is 72.8 Å². The molecule has 192 valence electrons. The Labute approximate surface area is 225 Å². The van der Waals surface area contributed by atoms with Crippen LogP contribution in [-0.4, -0.2) is 52.1 Å². The molecule has 0 bridgehead atoms. The molecule has 4 aromatic rings. The Balaban J connectivity index is 1.63. The van der Waals surface area contributed by atoms with Gasteiger partial charge in [-0.15, -0.1) is 0 Å². The minimum absolute atomic E-state index is 0.0371. The topological polar surface area (TPSA) is 59.4 Å². The van der Waals surface area contributed by atoms with Crippen molar-refractivity contribution in [2.45, 2.75) is 31.3 Å². The van der Waals surface area contributed by atoms with E-state index in [4.69, 9.17) is 14.8 Å². The SMILES string of the molecule is Cc1cc([Se]C(Cc2ccccc2)c2[se]c(-c3ccc(C(F)(F)F)cc3)nc2C)ccc1OCC(=O)O. The van der Waals surface area contributed by atoms with Gasteiger partial charge in [0.25, 0.3) is 0 Å². The van der Waals surface area contributed by atoms with Crippen molar-refractivity contribution in [3.05, 3.63) is 99.6 Å². The predicted octanol–water partition coefficient (Wildman–Crippen LogP) is 5.22. The fourth-order valence-electron chi connectivity index (χ4n) is 3.81. The molecule has 0 aliphatic heterocycles. The van der Waals surface area contributed by atoms with Crippen LogP contribution in [0.2, 0.25) is 0 Å². The average molecular weight is 637 g/mol. The number of halogens is 3. The van der Waals surface area contributed by atoms with Crippen molar-refractivity contribution in [2.24, 2.45) is 0 Å². The molecule has 9 heteroatoms. The van der Waals surface area contributed by atoms with Crippen LogP contribution in [0, 0.1) is 13.8 Å². The van der Waals surface area contributed by atoms with E-state index >= 15 is 0 Å². The van der Waals surface area contributed by atoms with Crippen molar-refractivity contribution < 1.29 is 27.8 Å². The molecule has 1 heterocycles. The van der Waals surface area contributed by atoms with Crippen molar-refractivity contribution in [1.82, 2.24) is 4.98 Å². The number of carboxylic acid groups (broad SMARTS) is 1.